The summed E-state index contributed by atoms with van der Waals surface area (Å²) in [6.07, 6.45) is -5.41. The topological polar surface area (TPSA) is 18.5 Å². The zero-order valence-corrected chi connectivity index (χ0v) is 10.3. The maximum atomic E-state index is 12.6. The molecule has 0 aromatic heterocycles. The molecule has 0 heterocycles. The lowest BCUT2D eigenvalue weighted by Gasteiger charge is -2.07. The molecule has 0 radical (unpaired) electrons. The van der Waals surface area contributed by atoms with E-state index in [-0.39, 0.29) is 4.47 Å². The van der Waals surface area contributed by atoms with Gasteiger partial charge in [0.2, 0.25) is 0 Å². The van der Waals surface area contributed by atoms with E-state index < -0.39 is 35.7 Å². The minimum atomic E-state index is -2.71. The van der Waals surface area contributed by atoms with Crippen molar-refractivity contribution in [1.82, 2.24) is 0 Å². The summed E-state index contributed by atoms with van der Waals surface area (Å²) in [5.74, 6) is -0.995. The maximum absolute atomic E-state index is 12.6. The van der Waals surface area contributed by atoms with Gasteiger partial charge in [-0.25, -0.2) is 0 Å². The summed E-state index contributed by atoms with van der Waals surface area (Å²) < 4.78 is 80.4. The molecular formula is C10H3BrF6O2. The van der Waals surface area contributed by atoms with Gasteiger partial charge in [0.1, 0.15) is 11.5 Å². The highest BCUT2D eigenvalue weighted by atomic mass is 79.9. The van der Waals surface area contributed by atoms with Crippen molar-refractivity contribution in [3.8, 4) is 11.5 Å². The maximum Gasteiger partial charge on any atom is 0.344 e. The Morgan fingerprint density at radius 2 is 1.37 bits per heavy atom. The molecule has 1 aromatic carbocycles. The summed E-state index contributed by atoms with van der Waals surface area (Å²) in [4.78, 5) is 0. The molecule has 0 aliphatic carbocycles. The number of hydrogen-bond donors (Lipinski definition) is 0. The molecule has 0 fully saturated rings. The molecule has 0 saturated carbocycles. The third-order valence-corrected chi connectivity index (χ3v) is 2.26. The molecule has 19 heavy (non-hydrogen) atoms. The Morgan fingerprint density at radius 3 is 1.89 bits per heavy atom. The molecule has 1 rings (SSSR count). The van der Waals surface area contributed by atoms with Gasteiger partial charge in [0.15, 0.2) is 0 Å². The van der Waals surface area contributed by atoms with Gasteiger partial charge in [0.25, 0.3) is 0 Å². The second-order valence-electron chi connectivity index (χ2n) is 2.86. The Hall–Kier alpha value is -1.64. The van der Waals surface area contributed by atoms with Gasteiger partial charge >= 0.3 is 24.2 Å². The predicted molar refractivity (Wildman–Crippen MR) is 56.1 cm³/mol. The summed E-state index contributed by atoms with van der Waals surface area (Å²) in [6.45, 7) is 0. The van der Waals surface area contributed by atoms with Crippen LogP contribution in [-0.2, 0) is 0 Å². The van der Waals surface area contributed by atoms with E-state index in [0.717, 1.165) is 18.2 Å². The van der Waals surface area contributed by atoms with Crippen molar-refractivity contribution >= 4 is 15.9 Å². The lowest BCUT2D eigenvalue weighted by Crippen LogP contribution is -1.94. The van der Waals surface area contributed by atoms with E-state index in [2.05, 4.69) is 25.4 Å². The predicted octanol–water partition coefficient (Wildman–Crippen LogP) is 5.28. The largest absolute Gasteiger partial charge is 0.428 e. The molecule has 0 bridgehead atoms. The number of benzene rings is 1. The number of halogens is 7. The van der Waals surface area contributed by atoms with E-state index in [9.17, 15) is 26.3 Å². The fraction of sp³-hybridized carbons (Fsp3) is 0. The highest BCUT2D eigenvalue weighted by Crippen LogP contribution is 2.32. The van der Waals surface area contributed by atoms with Crippen LogP contribution in [0, 0.1) is 0 Å². The minimum Gasteiger partial charge on any atom is -0.428 e. The second-order valence-corrected chi connectivity index (χ2v) is 3.72. The van der Waals surface area contributed by atoms with Crippen molar-refractivity contribution in [2.75, 3.05) is 0 Å². The van der Waals surface area contributed by atoms with Crippen LogP contribution < -0.4 is 9.47 Å². The summed E-state index contributed by atoms with van der Waals surface area (Å²) in [7, 11) is 0. The normalized spacial score (nSPS) is 9.84. The Morgan fingerprint density at radius 1 is 0.842 bits per heavy atom. The third kappa shape index (κ3) is 4.51. The molecule has 0 spiro atoms. The van der Waals surface area contributed by atoms with E-state index in [4.69, 9.17) is 0 Å². The van der Waals surface area contributed by atoms with Crippen molar-refractivity contribution in [3.63, 3.8) is 0 Å². The van der Waals surface area contributed by atoms with Gasteiger partial charge in [0, 0.05) is 6.07 Å². The van der Waals surface area contributed by atoms with Gasteiger partial charge in [-0.1, -0.05) is 0 Å². The van der Waals surface area contributed by atoms with Crippen LogP contribution in [0.15, 0.2) is 46.9 Å². The van der Waals surface area contributed by atoms with E-state index in [1.807, 2.05) is 0 Å². The van der Waals surface area contributed by atoms with Crippen LogP contribution in [0.4, 0.5) is 26.3 Å². The Labute approximate surface area is 111 Å². The number of ether oxygens (including phenoxy) is 2. The van der Waals surface area contributed by atoms with Crippen molar-refractivity contribution < 1.29 is 35.8 Å². The smallest absolute Gasteiger partial charge is 0.344 e. The fourth-order valence-corrected chi connectivity index (χ4v) is 1.23. The molecule has 0 aliphatic rings. The summed E-state index contributed by atoms with van der Waals surface area (Å²) in [5, 5.41) is 0. The van der Waals surface area contributed by atoms with Gasteiger partial charge in [-0.2, -0.15) is 26.3 Å². The number of hydrogen-bond acceptors (Lipinski definition) is 2. The zero-order valence-electron chi connectivity index (χ0n) is 8.69. The Balaban J connectivity index is 3.01. The SMILES string of the molecule is FC(F)=C(F)Oc1ccc(Br)c(OC(F)=C(F)F)c1. The third-order valence-electron chi connectivity index (χ3n) is 1.61. The molecule has 1 aromatic rings. The fourth-order valence-electron chi connectivity index (χ4n) is 0.903. The van der Waals surface area contributed by atoms with E-state index in [1.54, 1.807) is 0 Å². The monoisotopic (exact) mass is 348 g/mol. The molecule has 9 heteroatoms. The minimum absolute atomic E-state index is 0.0290. The first-order chi connectivity index (χ1) is 8.81. The first-order valence-electron chi connectivity index (χ1n) is 4.38. The lowest BCUT2D eigenvalue weighted by molar-refractivity contribution is 0.232. The van der Waals surface area contributed by atoms with E-state index in [1.165, 1.54) is 0 Å². The van der Waals surface area contributed by atoms with Crippen LogP contribution in [0.5, 0.6) is 11.5 Å². The Kier molecular flexibility index (Phi) is 5.28. The van der Waals surface area contributed by atoms with Crippen LogP contribution in [0.25, 0.3) is 0 Å². The quantitative estimate of drug-likeness (QED) is 0.544. The number of rotatable bonds is 4. The van der Waals surface area contributed by atoms with Crippen LogP contribution in [0.2, 0.25) is 0 Å². The summed E-state index contributed by atoms with van der Waals surface area (Å²) in [6, 6.07) is -1.45. The molecule has 0 aliphatic heterocycles. The van der Waals surface area contributed by atoms with Gasteiger partial charge in [-0.15, -0.1) is 0 Å². The zero-order chi connectivity index (χ0) is 14.6. The molecule has 0 N–H and O–H groups in total. The summed E-state index contributed by atoms with van der Waals surface area (Å²) in [5.41, 5.74) is 0. The first-order valence-corrected chi connectivity index (χ1v) is 5.17. The van der Waals surface area contributed by atoms with Crippen LogP contribution in [0.1, 0.15) is 0 Å². The molecule has 0 unspecified atom stereocenters. The molecule has 104 valence electrons. The van der Waals surface area contributed by atoms with Gasteiger partial charge < -0.3 is 9.47 Å². The van der Waals surface area contributed by atoms with Gasteiger partial charge in [0.05, 0.1) is 4.47 Å². The Bertz CT molecular complexity index is 535. The average Bonchev–Trinajstić information content (AvgIpc) is 2.32. The van der Waals surface area contributed by atoms with E-state index >= 15 is 0 Å². The van der Waals surface area contributed by atoms with Crippen molar-refractivity contribution in [1.29, 1.82) is 0 Å². The second kappa shape index (κ2) is 6.50. The molecule has 0 saturated heterocycles. The molecular weight excluding hydrogens is 346 g/mol. The first kappa shape index (κ1) is 15.4. The standard InChI is InChI=1S/C10H3BrF6O2/c11-5-2-1-4(18-9(16)7(12)13)3-6(5)19-10(17)8(14)15/h1-3H. The van der Waals surface area contributed by atoms with Crippen molar-refractivity contribution in [3.05, 3.63) is 46.9 Å². The van der Waals surface area contributed by atoms with Crippen LogP contribution in [0.3, 0.4) is 0 Å². The van der Waals surface area contributed by atoms with Gasteiger partial charge in [-0.05, 0) is 28.1 Å². The van der Waals surface area contributed by atoms with E-state index in [0.29, 0.717) is 0 Å². The highest BCUT2D eigenvalue weighted by Gasteiger charge is 2.13. The molecule has 0 amide bonds. The molecule has 0 atom stereocenters. The van der Waals surface area contributed by atoms with Crippen LogP contribution in [-0.4, -0.2) is 0 Å². The average molecular weight is 349 g/mol. The van der Waals surface area contributed by atoms with Crippen LogP contribution >= 0.6 is 15.9 Å². The van der Waals surface area contributed by atoms with Crippen molar-refractivity contribution in [2.45, 2.75) is 0 Å². The highest BCUT2D eigenvalue weighted by molar-refractivity contribution is 9.10. The van der Waals surface area contributed by atoms with Crippen molar-refractivity contribution in [2.24, 2.45) is 0 Å². The lowest BCUT2D eigenvalue weighted by atomic mass is 10.3. The van der Waals surface area contributed by atoms with Gasteiger partial charge in [-0.3, -0.25) is 0 Å². The molecule has 2 nitrogen and oxygen atoms in total. The summed E-state index contributed by atoms with van der Waals surface area (Å²) >= 11 is 2.83.